The molecule has 0 aromatic carbocycles. The first-order valence-electron chi connectivity index (χ1n) is 6.43. The van der Waals surface area contributed by atoms with E-state index < -0.39 is 0 Å². The maximum atomic E-state index is 4.66. The Kier molecular flexibility index (Phi) is 3.11. The Morgan fingerprint density at radius 2 is 2.22 bits per heavy atom. The lowest BCUT2D eigenvalue weighted by Crippen LogP contribution is -2.30. The first-order valence-corrected chi connectivity index (χ1v) is 7.22. The molecule has 18 heavy (non-hydrogen) atoms. The number of hydrogen-bond donors (Lipinski definition) is 0. The molecule has 5 heteroatoms. The zero-order chi connectivity index (χ0) is 12.7. The van der Waals surface area contributed by atoms with Crippen LogP contribution in [0.25, 0.3) is 5.65 Å². The van der Waals surface area contributed by atoms with Crippen LogP contribution >= 0.6 is 15.9 Å². The number of halogens is 1. The third-order valence-electron chi connectivity index (χ3n) is 3.57. The minimum absolute atomic E-state index is 0.378. The third kappa shape index (κ3) is 2.06. The second kappa shape index (κ2) is 4.63. The van der Waals surface area contributed by atoms with Gasteiger partial charge in [0.2, 0.25) is 0 Å². The van der Waals surface area contributed by atoms with E-state index in [2.05, 4.69) is 44.8 Å². The molecule has 0 spiro atoms. The van der Waals surface area contributed by atoms with E-state index >= 15 is 0 Å². The van der Waals surface area contributed by atoms with Gasteiger partial charge < -0.3 is 0 Å². The molecule has 1 saturated heterocycles. The van der Waals surface area contributed by atoms with Gasteiger partial charge in [-0.1, -0.05) is 0 Å². The minimum atomic E-state index is 0.378. The maximum absolute atomic E-state index is 4.66. The molecule has 0 N–H and O–H groups in total. The molecule has 3 rings (SSSR count). The van der Waals surface area contributed by atoms with Crippen molar-refractivity contribution < 1.29 is 0 Å². The quantitative estimate of drug-likeness (QED) is 0.855. The lowest BCUT2D eigenvalue weighted by molar-refractivity contribution is 0.199. The minimum Gasteiger partial charge on any atom is -0.291 e. The molecular weight excluding hydrogens is 292 g/mol. The number of hydrogen-bond acceptors (Lipinski definition) is 3. The molecule has 1 aliphatic rings. The highest BCUT2D eigenvalue weighted by Crippen LogP contribution is 2.31. The Balaban J connectivity index is 1.98. The normalized spacial score (nSPS) is 21.2. The van der Waals surface area contributed by atoms with Gasteiger partial charge in [0, 0.05) is 16.7 Å². The monoisotopic (exact) mass is 308 g/mol. The first kappa shape index (κ1) is 12.1. The van der Waals surface area contributed by atoms with Crippen LogP contribution in [0.3, 0.4) is 0 Å². The van der Waals surface area contributed by atoms with E-state index in [0.717, 1.165) is 28.9 Å². The number of fused-ring (bicyclic) bond motifs is 1. The van der Waals surface area contributed by atoms with Gasteiger partial charge in [-0.2, -0.15) is 0 Å². The van der Waals surface area contributed by atoms with Crippen LogP contribution in [0.2, 0.25) is 0 Å². The molecule has 2 aromatic heterocycles. The molecular formula is C13H17BrN4. The Bertz CT molecular complexity index is 563. The van der Waals surface area contributed by atoms with Crippen LogP contribution in [0, 0.1) is 0 Å². The van der Waals surface area contributed by atoms with E-state index in [1.807, 2.05) is 22.8 Å². The van der Waals surface area contributed by atoms with Crippen LogP contribution in [0.1, 0.15) is 38.6 Å². The number of nitrogens with zero attached hydrogens (tertiary/aromatic N) is 4. The molecule has 1 aliphatic heterocycles. The summed E-state index contributed by atoms with van der Waals surface area (Å²) in [6, 6.07) is 4.93. The fourth-order valence-corrected chi connectivity index (χ4v) is 3.03. The summed E-state index contributed by atoms with van der Waals surface area (Å²) in [5, 5.41) is 4.62. The Morgan fingerprint density at radius 3 is 3.00 bits per heavy atom. The van der Waals surface area contributed by atoms with E-state index in [1.54, 1.807) is 0 Å². The van der Waals surface area contributed by atoms with Gasteiger partial charge in [-0.3, -0.25) is 4.90 Å². The number of rotatable bonds is 2. The van der Waals surface area contributed by atoms with Crippen LogP contribution in [-0.4, -0.2) is 32.1 Å². The molecule has 0 bridgehead atoms. The van der Waals surface area contributed by atoms with Crippen molar-refractivity contribution in [3.63, 3.8) is 0 Å². The number of aromatic nitrogens is 3. The van der Waals surface area contributed by atoms with Gasteiger partial charge in [-0.15, -0.1) is 5.10 Å². The lowest BCUT2D eigenvalue weighted by Gasteiger charge is -2.25. The summed E-state index contributed by atoms with van der Waals surface area (Å²) in [7, 11) is 0. The fraction of sp³-hybridized carbons (Fsp3) is 0.538. The lowest BCUT2D eigenvalue weighted by atomic mass is 10.2. The molecule has 0 amide bonds. The van der Waals surface area contributed by atoms with Crippen LogP contribution < -0.4 is 0 Å². The Morgan fingerprint density at radius 1 is 1.39 bits per heavy atom. The van der Waals surface area contributed by atoms with Gasteiger partial charge in [-0.25, -0.2) is 9.50 Å². The highest BCUT2D eigenvalue weighted by atomic mass is 79.9. The first-order chi connectivity index (χ1) is 8.65. The van der Waals surface area contributed by atoms with Gasteiger partial charge in [-0.05, 0) is 61.3 Å². The molecule has 3 heterocycles. The second-order valence-electron chi connectivity index (χ2n) is 5.11. The second-order valence-corrected chi connectivity index (χ2v) is 6.03. The summed E-state index contributed by atoms with van der Waals surface area (Å²) in [5.74, 6) is 0.958. The van der Waals surface area contributed by atoms with E-state index in [1.165, 1.54) is 6.42 Å². The van der Waals surface area contributed by atoms with Gasteiger partial charge in [0.1, 0.15) is 0 Å². The summed E-state index contributed by atoms with van der Waals surface area (Å²) in [5.41, 5.74) is 0.920. The highest BCUT2D eigenvalue weighted by Gasteiger charge is 2.30. The molecule has 1 unspecified atom stereocenters. The summed E-state index contributed by atoms with van der Waals surface area (Å²) >= 11 is 3.46. The average Bonchev–Trinajstić information content (AvgIpc) is 2.93. The van der Waals surface area contributed by atoms with Crippen molar-refractivity contribution in [2.45, 2.75) is 38.8 Å². The zero-order valence-electron chi connectivity index (χ0n) is 10.7. The van der Waals surface area contributed by atoms with Crippen molar-refractivity contribution in [3.05, 3.63) is 28.6 Å². The zero-order valence-corrected chi connectivity index (χ0v) is 12.3. The van der Waals surface area contributed by atoms with Crippen molar-refractivity contribution >= 4 is 21.6 Å². The average molecular weight is 309 g/mol. The van der Waals surface area contributed by atoms with Gasteiger partial charge in [0.15, 0.2) is 11.5 Å². The number of likely N-dealkylation sites (tertiary alicyclic amines) is 1. The third-order valence-corrected chi connectivity index (χ3v) is 4.04. The van der Waals surface area contributed by atoms with Crippen molar-refractivity contribution in [2.24, 2.45) is 0 Å². The van der Waals surface area contributed by atoms with Crippen LogP contribution in [0.15, 0.2) is 22.8 Å². The summed E-state index contributed by atoms with van der Waals surface area (Å²) in [6.07, 6.45) is 4.36. The molecule has 4 nitrogen and oxygen atoms in total. The van der Waals surface area contributed by atoms with E-state index in [0.29, 0.717) is 12.1 Å². The SMILES string of the molecule is CC(C)N1CCCC1c1nc2ccc(Br)cn2n1. The Hall–Kier alpha value is -0.940. The predicted molar refractivity (Wildman–Crippen MR) is 74.5 cm³/mol. The van der Waals surface area contributed by atoms with E-state index in [-0.39, 0.29) is 0 Å². The van der Waals surface area contributed by atoms with Crippen molar-refractivity contribution in [1.29, 1.82) is 0 Å². The van der Waals surface area contributed by atoms with Crippen molar-refractivity contribution in [2.75, 3.05) is 6.54 Å². The van der Waals surface area contributed by atoms with Gasteiger partial charge in [0.25, 0.3) is 0 Å². The maximum Gasteiger partial charge on any atom is 0.168 e. The van der Waals surface area contributed by atoms with Gasteiger partial charge >= 0.3 is 0 Å². The van der Waals surface area contributed by atoms with Crippen LogP contribution in [0.4, 0.5) is 0 Å². The molecule has 0 saturated carbocycles. The summed E-state index contributed by atoms with van der Waals surface area (Å²) < 4.78 is 2.88. The topological polar surface area (TPSA) is 33.4 Å². The largest absolute Gasteiger partial charge is 0.291 e. The van der Waals surface area contributed by atoms with Crippen LogP contribution in [-0.2, 0) is 0 Å². The summed E-state index contributed by atoms with van der Waals surface area (Å²) in [6.45, 7) is 5.64. The summed E-state index contributed by atoms with van der Waals surface area (Å²) in [4.78, 5) is 7.15. The molecule has 1 fully saturated rings. The van der Waals surface area contributed by atoms with Gasteiger partial charge in [0.05, 0.1) is 6.04 Å². The smallest absolute Gasteiger partial charge is 0.168 e. The Labute approximate surface area is 115 Å². The fourth-order valence-electron chi connectivity index (χ4n) is 2.70. The molecule has 1 atom stereocenters. The van der Waals surface area contributed by atoms with Crippen LogP contribution in [0.5, 0.6) is 0 Å². The predicted octanol–water partition coefficient (Wildman–Crippen LogP) is 3.04. The van der Waals surface area contributed by atoms with Crippen molar-refractivity contribution in [1.82, 2.24) is 19.5 Å². The van der Waals surface area contributed by atoms with Crippen molar-refractivity contribution in [3.8, 4) is 0 Å². The molecule has 2 aromatic rings. The van der Waals surface area contributed by atoms with E-state index in [9.17, 15) is 0 Å². The molecule has 0 aliphatic carbocycles. The number of pyridine rings is 1. The standard InChI is InChI=1S/C13H17BrN4/c1-9(2)17-7-3-4-11(17)13-15-12-6-5-10(14)8-18(12)16-13/h5-6,8-9,11H,3-4,7H2,1-2H3. The molecule has 0 radical (unpaired) electrons. The van der Waals surface area contributed by atoms with E-state index in [4.69, 9.17) is 0 Å². The highest BCUT2D eigenvalue weighted by molar-refractivity contribution is 9.10. The molecule has 96 valence electrons.